The van der Waals surface area contributed by atoms with E-state index in [2.05, 4.69) is 25.1 Å². The molecule has 126 valence electrons. The monoisotopic (exact) mass is 347 g/mol. The summed E-state index contributed by atoms with van der Waals surface area (Å²) in [6, 6.07) is 8.88. The molecule has 0 unspecified atom stereocenters. The van der Waals surface area contributed by atoms with E-state index in [1.54, 1.807) is 36.9 Å². The molecule has 1 aromatic carbocycles. The molecule has 5 nitrogen and oxygen atoms in total. The second kappa shape index (κ2) is 6.72. The van der Waals surface area contributed by atoms with Gasteiger partial charge in [-0.3, -0.25) is 15.0 Å². The fraction of sp³-hybridized carbons (Fsp3) is 0. The Morgan fingerprint density at radius 1 is 0.731 bits per heavy atom. The molecule has 0 saturated heterocycles. The van der Waals surface area contributed by atoms with Gasteiger partial charge in [0.2, 0.25) is 0 Å². The highest BCUT2D eigenvalue weighted by Crippen LogP contribution is 2.29. The maximum atomic E-state index is 14.2. The zero-order chi connectivity index (χ0) is 17.9. The van der Waals surface area contributed by atoms with Crippen LogP contribution in [-0.4, -0.2) is 25.1 Å². The standard InChI is InChI=1S/C19H11F2N5/c20-15-4-3-12(8-14(15)19-16(21)2-1-5-24-19)13-9-17(26-25-10-13)18-11-22-6-7-23-18/h1-11H. The summed E-state index contributed by atoms with van der Waals surface area (Å²) in [6.07, 6.45) is 7.67. The van der Waals surface area contributed by atoms with Crippen molar-refractivity contribution in [1.29, 1.82) is 0 Å². The number of pyridine rings is 1. The van der Waals surface area contributed by atoms with Crippen LogP contribution in [0.5, 0.6) is 0 Å². The summed E-state index contributed by atoms with van der Waals surface area (Å²) < 4.78 is 28.3. The normalized spacial score (nSPS) is 10.7. The first kappa shape index (κ1) is 15.9. The average Bonchev–Trinajstić information content (AvgIpc) is 2.70. The third-order valence-corrected chi connectivity index (χ3v) is 3.79. The van der Waals surface area contributed by atoms with Crippen molar-refractivity contribution < 1.29 is 8.78 Å². The molecule has 0 N–H and O–H groups in total. The highest BCUT2D eigenvalue weighted by Gasteiger charge is 2.13. The summed E-state index contributed by atoms with van der Waals surface area (Å²) in [7, 11) is 0. The summed E-state index contributed by atoms with van der Waals surface area (Å²) in [6.45, 7) is 0. The minimum atomic E-state index is -0.586. The number of nitrogens with zero attached hydrogens (tertiary/aromatic N) is 5. The number of hydrogen-bond acceptors (Lipinski definition) is 5. The Balaban J connectivity index is 1.80. The smallest absolute Gasteiger partial charge is 0.149 e. The van der Waals surface area contributed by atoms with Gasteiger partial charge in [0.05, 0.1) is 12.4 Å². The zero-order valence-electron chi connectivity index (χ0n) is 13.3. The number of halogens is 2. The Morgan fingerprint density at radius 2 is 1.65 bits per heavy atom. The molecule has 0 aliphatic carbocycles. The summed E-state index contributed by atoms with van der Waals surface area (Å²) in [5.74, 6) is -1.14. The van der Waals surface area contributed by atoms with E-state index in [4.69, 9.17) is 0 Å². The first-order valence-electron chi connectivity index (χ1n) is 7.72. The molecule has 3 aromatic heterocycles. The lowest BCUT2D eigenvalue weighted by Gasteiger charge is -2.08. The van der Waals surface area contributed by atoms with Gasteiger partial charge in [-0.2, -0.15) is 5.10 Å². The SMILES string of the molecule is Fc1ccc(-c2cnnc(-c3cnccn3)c2)cc1-c1ncccc1F. The van der Waals surface area contributed by atoms with Crippen LogP contribution in [0.1, 0.15) is 0 Å². The molecule has 0 aliphatic heterocycles. The van der Waals surface area contributed by atoms with Crippen LogP contribution < -0.4 is 0 Å². The largest absolute Gasteiger partial charge is 0.261 e. The Morgan fingerprint density at radius 3 is 2.46 bits per heavy atom. The maximum Gasteiger partial charge on any atom is 0.149 e. The molecule has 0 amide bonds. The van der Waals surface area contributed by atoms with Crippen LogP contribution in [0, 0.1) is 11.6 Å². The summed E-state index contributed by atoms with van der Waals surface area (Å²) in [5, 5.41) is 8.03. The molecule has 0 saturated carbocycles. The first-order valence-corrected chi connectivity index (χ1v) is 7.72. The van der Waals surface area contributed by atoms with Crippen molar-refractivity contribution >= 4 is 0 Å². The Hall–Kier alpha value is -3.61. The Bertz CT molecular complexity index is 1070. The van der Waals surface area contributed by atoms with E-state index in [1.807, 2.05) is 0 Å². The molecule has 7 heteroatoms. The molecule has 26 heavy (non-hydrogen) atoms. The van der Waals surface area contributed by atoms with Crippen molar-refractivity contribution in [2.24, 2.45) is 0 Å². The molecule has 4 rings (SSSR count). The van der Waals surface area contributed by atoms with Crippen LogP contribution in [0.3, 0.4) is 0 Å². The van der Waals surface area contributed by atoms with Crippen LogP contribution in [0.4, 0.5) is 8.78 Å². The fourth-order valence-electron chi connectivity index (χ4n) is 2.55. The van der Waals surface area contributed by atoms with Crippen molar-refractivity contribution in [3.8, 4) is 33.8 Å². The van der Waals surface area contributed by atoms with Crippen LogP contribution in [0.15, 0.2) is 67.4 Å². The zero-order valence-corrected chi connectivity index (χ0v) is 13.3. The minimum Gasteiger partial charge on any atom is -0.261 e. The van der Waals surface area contributed by atoms with E-state index in [0.29, 0.717) is 22.5 Å². The predicted octanol–water partition coefficient (Wildman–Crippen LogP) is 3.94. The first-order chi connectivity index (χ1) is 12.7. The van der Waals surface area contributed by atoms with Crippen LogP contribution in [-0.2, 0) is 0 Å². The molecular formula is C19H11F2N5. The van der Waals surface area contributed by atoms with E-state index < -0.39 is 11.6 Å². The second-order valence-electron chi connectivity index (χ2n) is 5.45. The van der Waals surface area contributed by atoms with Crippen molar-refractivity contribution in [2.45, 2.75) is 0 Å². The van der Waals surface area contributed by atoms with Gasteiger partial charge < -0.3 is 0 Å². The highest BCUT2D eigenvalue weighted by molar-refractivity contribution is 5.73. The van der Waals surface area contributed by atoms with Gasteiger partial charge in [-0.15, -0.1) is 5.10 Å². The van der Waals surface area contributed by atoms with Gasteiger partial charge in [-0.25, -0.2) is 8.78 Å². The van der Waals surface area contributed by atoms with Crippen molar-refractivity contribution in [3.63, 3.8) is 0 Å². The Labute approximate surface area is 147 Å². The van der Waals surface area contributed by atoms with E-state index in [1.165, 1.54) is 30.5 Å². The lowest BCUT2D eigenvalue weighted by molar-refractivity contribution is 0.611. The van der Waals surface area contributed by atoms with Gasteiger partial charge in [0.1, 0.15) is 28.7 Å². The summed E-state index contributed by atoms with van der Waals surface area (Å²) >= 11 is 0. The number of rotatable bonds is 3. The molecule has 0 bridgehead atoms. The molecule has 4 aromatic rings. The average molecular weight is 347 g/mol. The fourth-order valence-corrected chi connectivity index (χ4v) is 2.55. The molecule has 0 radical (unpaired) electrons. The van der Waals surface area contributed by atoms with E-state index in [9.17, 15) is 8.78 Å². The maximum absolute atomic E-state index is 14.2. The van der Waals surface area contributed by atoms with E-state index in [0.717, 1.165) is 0 Å². The third kappa shape index (κ3) is 3.02. The van der Waals surface area contributed by atoms with Crippen LogP contribution >= 0.6 is 0 Å². The van der Waals surface area contributed by atoms with Gasteiger partial charge in [-0.1, -0.05) is 6.07 Å². The van der Waals surface area contributed by atoms with Crippen molar-refractivity contribution in [3.05, 3.63) is 79.0 Å². The Kier molecular flexibility index (Phi) is 4.10. The molecule has 0 atom stereocenters. The predicted molar refractivity (Wildman–Crippen MR) is 91.6 cm³/mol. The second-order valence-corrected chi connectivity index (χ2v) is 5.45. The quantitative estimate of drug-likeness (QED) is 0.562. The molecule has 0 fully saturated rings. The summed E-state index contributed by atoms with van der Waals surface area (Å²) in [5.41, 5.74) is 2.50. The molecule has 0 spiro atoms. The van der Waals surface area contributed by atoms with E-state index >= 15 is 0 Å². The summed E-state index contributed by atoms with van der Waals surface area (Å²) in [4.78, 5) is 12.1. The molecular weight excluding hydrogens is 336 g/mol. The number of hydrogen-bond donors (Lipinski definition) is 0. The van der Waals surface area contributed by atoms with E-state index in [-0.39, 0.29) is 11.3 Å². The topological polar surface area (TPSA) is 64.5 Å². The van der Waals surface area contributed by atoms with Crippen LogP contribution in [0.25, 0.3) is 33.8 Å². The highest BCUT2D eigenvalue weighted by atomic mass is 19.1. The van der Waals surface area contributed by atoms with Crippen molar-refractivity contribution in [1.82, 2.24) is 25.1 Å². The van der Waals surface area contributed by atoms with Gasteiger partial charge in [0.15, 0.2) is 0 Å². The molecule has 0 aliphatic rings. The number of aromatic nitrogens is 5. The van der Waals surface area contributed by atoms with Gasteiger partial charge in [-0.05, 0) is 35.9 Å². The van der Waals surface area contributed by atoms with Gasteiger partial charge >= 0.3 is 0 Å². The van der Waals surface area contributed by atoms with Gasteiger partial charge in [0, 0.05) is 29.7 Å². The molecule has 3 heterocycles. The van der Waals surface area contributed by atoms with Crippen LogP contribution in [0.2, 0.25) is 0 Å². The number of benzene rings is 1. The third-order valence-electron chi connectivity index (χ3n) is 3.79. The minimum absolute atomic E-state index is 0.0389. The van der Waals surface area contributed by atoms with Gasteiger partial charge in [0.25, 0.3) is 0 Å². The van der Waals surface area contributed by atoms with Crippen molar-refractivity contribution in [2.75, 3.05) is 0 Å². The lowest BCUT2D eigenvalue weighted by atomic mass is 10.0. The lowest BCUT2D eigenvalue weighted by Crippen LogP contribution is -1.94.